The van der Waals surface area contributed by atoms with Crippen LogP contribution in [0.25, 0.3) is 22.2 Å². The number of hydrogen-bond acceptors (Lipinski definition) is 11. The number of benzene rings is 1. The summed E-state index contributed by atoms with van der Waals surface area (Å²) in [5, 5.41) is 11.8. The molecule has 7 rings (SSSR count). The first-order valence-corrected chi connectivity index (χ1v) is 27.2. The number of fused-ring (bicyclic) bond motifs is 6. The van der Waals surface area contributed by atoms with Crippen LogP contribution in [0.5, 0.6) is 0 Å². The van der Waals surface area contributed by atoms with Gasteiger partial charge in [-0.3, -0.25) is 29.2 Å². The number of aliphatic hydroxyl groups is 1. The summed E-state index contributed by atoms with van der Waals surface area (Å²) in [6.45, 7) is 14.0. The third kappa shape index (κ3) is 12.8. The van der Waals surface area contributed by atoms with Crippen molar-refractivity contribution >= 4 is 50.3 Å². The average Bonchev–Trinajstić information content (AvgIpc) is 3.96. The van der Waals surface area contributed by atoms with E-state index in [9.17, 15) is 42.3 Å². The number of cyclic esters (lactones) is 1. The van der Waals surface area contributed by atoms with Crippen molar-refractivity contribution in [1.29, 1.82) is 0 Å². The van der Waals surface area contributed by atoms with E-state index in [0.717, 1.165) is 18.4 Å². The lowest BCUT2D eigenvalue weighted by molar-refractivity contribution is -0.154. The number of alkyl halides is 3. The number of amides is 5. The summed E-state index contributed by atoms with van der Waals surface area (Å²) in [7, 11) is 1.33. The lowest BCUT2D eigenvalue weighted by atomic mass is 9.83. The molecule has 400 valence electrons. The third-order valence-electron chi connectivity index (χ3n) is 15.0. The van der Waals surface area contributed by atoms with Crippen LogP contribution in [-0.4, -0.2) is 176 Å². The van der Waals surface area contributed by atoms with Gasteiger partial charge >= 0.3 is 18.2 Å². The zero-order chi connectivity index (χ0) is 52.9. The van der Waals surface area contributed by atoms with Crippen molar-refractivity contribution in [2.45, 2.75) is 122 Å². The summed E-state index contributed by atoms with van der Waals surface area (Å²) in [6, 6.07) is 6.79. The number of likely N-dealkylation sites (N-methyl/N-ethyl adjacent to an activating group) is 1. The highest BCUT2D eigenvalue weighted by Crippen LogP contribution is 2.43. The van der Waals surface area contributed by atoms with E-state index in [0.29, 0.717) is 85.4 Å². The molecule has 2 unspecified atom stereocenters. The maximum Gasteiger partial charge on any atom is 0.406 e. The van der Waals surface area contributed by atoms with Crippen molar-refractivity contribution in [3.05, 3.63) is 66.0 Å². The summed E-state index contributed by atoms with van der Waals surface area (Å²) >= 11 is 0. The predicted molar refractivity (Wildman–Crippen MR) is 273 cm³/mol. The Balaban J connectivity index is 1.21. The number of piperidine rings is 1. The van der Waals surface area contributed by atoms with Gasteiger partial charge in [0.2, 0.25) is 17.7 Å². The van der Waals surface area contributed by atoms with E-state index in [1.807, 2.05) is 46.8 Å². The Morgan fingerprint density at radius 3 is 2.53 bits per heavy atom. The lowest BCUT2D eigenvalue weighted by Crippen LogP contribution is -2.59. The van der Waals surface area contributed by atoms with Gasteiger partial charge in [-0.25, -0.2) is 10.2 Å². The monoisotopic (exact) mass is 1040 g/mol. The fourth-order valence-electron chi connectivity index (χ4n) is 11.3. The van der Waals surface area contributed by atoms with Gasteiger partial charge < -0.3 is 43.7 Å². The minimum Gasteiger partial charge on any atom is -0.464 e. The largest absolute Gasteiger partial charge is 0.464 e. The first-order chi connectivity index (χ1) is 34.6. The molecular weight excluding hydrogens is 964 g/mol. The number of nitrogens with one attached hydrogen (secondary N) is 2. The Morgan fingerprint density at radius 1 is 1.08 bits per heavy atom. The van der Waals surface area contributed by atoms with Gasteiger partial charge in [-0.15, -0.1) is 0 Å². The maximum absolute atomic E-state index is 14.8. The first kappa shape index (κ1) is 55.4. The number of hydrazine groups is 1. The van der Waals surface area contributed by atoms with Crippen LogP contribution in [0.1, 0.15) is 95.6 Å². The van der Waals surface area contributed by atoms with E-state index in [-0.39, 0.29) is 74.4 Å². The molecule has 0 aliphatic carbocycles. The smallest absolute Gasteiger partial charge is 0.406 e. The van der Waals surface area contributed by atoms with Gasteiger partial charge in [0, 0.05) is 81.5 Å². The van der Waals surface area contributed by atoms with Crippen LogP contribution in [0.2, 0.25) is 5.54 Å². The Kier molecular flexibility index (Phi) is 17.8. The predicted octanol–water partition coefficient (Wildman–Crippen LogP) is 4.92. The molecule has 3 aromatic rings. The lowest BCUT2D eigenvalue weighted by Gasteiger charge is -2.39. The van der Waals surface area contributed by atoms with Gasteiger partial charge in [0.25, 0.3) is 0 Å². The van der Waals surface area contributed by atoms with E-state index >= 15 is 0 Å². The number of aliphatic hydroxyl groups excluding tert-OH is 1. The van der Waals surface area contributed by atoms with E-state index in [4.69, 9.17) is 9.47 Å². The number of aromatic nitrogens is 2. The molecule has 7 atom stereocenters. The van der Waals surface area contributed by atoms with Crippen LogP contribution >= 0.6 is 0 Å². The molecule has 4 aliphatic rings. The zero-order valence-corrected chi connectivity index (χ0v) is 44.8. The number of methoxy groups -OCH3 is 1. The summed E-state index contributed by atoms with van der Waals surface area (Å²) in [4.78, 5) is 84.3. The molecule has 6 bridgehead atoms. The summed E-state index contributed by atoms with van der Waals surface area (Å²) in [5.74, 6) is -1.85. The molecule has 4 aliphatic heterocycles. The number of ether oxygens (including phenoxy) is 2. The van der Waals surface area contributed by atoms with Gasteiger partial charge in [-0.05, 0) is 105 Å². The highest BCUT2D eigenvalue weighted by atomic mass is 28.2. The topological polar surface area (TPSA) is 182 Å². The number of nitrogens with zero attached hydrogens (tertiary/aromatic N) is 7. The molecule has 2 aromatic heterocycles. The minimum atomic E-state index is -4.56. The standard InChI is InChI=1S/C52H74F3N9O8Si/c1-9-43(66)62(23-24-65)36-18-22-61(28-36)50(70)59(7)45(32(2)3)47(67)58-73-42-29-60-20-11-13-35(27-60)34-16-17-41-38(25-34)39(26-51(5,6)31-72-49(69)40-15-12-21-64(57-40)48(42)68)46(63(41)30-52(53,54)55)37-14-10-19-56-44(37)33(4)71-8/h9-10,14,16-17,19,25,32-33,35-36,40,42,45,57,65H,1,11-13,15,18,20-24,26-31,73H2,2-8H3,(H,58,67)/t33-,35-,36-,40-,42?,45-/m0/s1. The fourth-order valence-corrected chi connectivity index (χ4v) is 12.9. The van der Waals surface area contributed by atoms with Crippen LogP contribution in [0, 0.1) is 11.3 Å². The number of carbonyl (C=O) groups is 5. The Labute approximate surface area is 428 Å². The molecule has 17 nitrogen and oxygen atoms in total. The summed E-state index contributed by atoms with van der Waals surface area (Å²) in [5.41, 5.74) is 5.21. The van der Waals surface area contributed by atoms with Crippen molar-refractivity contribution in [2.24, 2.45) is 11.3 Å². The van der Waals surface area contributed by atoms with Crippen molar-refractivity contribution in [3.63, 3.8) is 0 Å². The Morgan fingerprint density at radius 2 is 1.84 bits per heavy atom. The molecule has 73 heavy (non-hydrogen) atoms. The average molecular weight is 1040 g/mol. The van der Waals surface area contributed by atoms with Crippen LogP contribution in [0.15, 0.2) is 49.2 Å². The van der Waals surface area contributed by atoms with E-state index in [1.54, 1.807) is 36.3 Å². The molecule has 0 radical (unpaired) electrons. The van der Waals surface area contributed by atoms with Gasteiger partial charge in [0.15, 0.2) is 0 Å². The van der Waals surface area contributed by atoms with E-state index < -0.39 is 57.5 Å². The van der Waals surface area contributed by atoms with Crippen molar-refractivity contribution in [3.8, 4) is 11.3 Å². The fraction of sp³-hybridized carbons (Fsp3) is 0.615. The third-order valence-corrected chi connectivity index (χ3v) is 16.6. The van der Waals surface area contributed by atoms with Crippen LogP contribution < -0.4 is 10.4 Å². The van der Waals surface area contributed by atoms with Crippen molar-refractivity contribution < 1.29 is 51.7 Å². The molecule has 3 N–H and O–H groups in total. The first-order valence-electron chi connectivity index (χ1n) is 25.6. The van der Waals surface area contributed by atoms with Gasteiger partial charge in [-0.2, -0.15) is 13.2 Å². The number of halogens is 3. The van der Waals surface area contributed by atoms with Crippen LogP contribution in [0.4, 0.5) is 18.0 Å². The summed E-state index contributed by atoms with van der Waals surface area (Å²) < 4.78 is 57.3. The van der Waals surface area contributed by atoms with Gasteiger partial charge in [0.05, 0.1) is 42.3 Å². The molecule has 3 fully saturated rings. The Bertz CT molecular complexity index is 2510. The molecule has 21 heteroatoms. The number of hydrogen-bond donors (Lipinski definition) is 3. The number of likely N-dealkylation sites (tertiary alicyclic amines) is 1. The number of urea groups is 1. The normalized spacial score (nSPS) is 23.8. The second-order valence-electron chi connectivity index (χ2n) is 21.4. The number of pyridine rings is 1. The molecule has 5 amide bonds. The quantitative estimate of drug-likeness (QED) is 0.120. The Hall–Kier alpha value is -5.35. The highest BCUT2D eigenvalue weighted by molar-refractivity contribution is 6.45. The van der Waals surface area contributed by atoms with E-state index in [1.165, 1.54) is 32.6 Å². The molecule has 1 aromatic carbocycles. The number of esters is 1. The molecular formula is C52H74F3N9O8Si. The SMILES string of the molecule is C=CC(=O)N(CCO)[C@H]1CCN(C(=O)N(C)[C@H](C(=O)N[SiH2]C2CN3CCC[C@@H](C3)c3ccc4c(c3)c(c(-c3cccnc3[C@H](C)OC)n4CC(F)(F)F)CC(C)(C)COC(=O)[C@@H]3CCCN(N3)C2=O)C(C)C)C1. The number of carbonyl (C=O) groups excluding carboxylic acids is 5. The molecule has 3 saturated heterocycles. The molecule has 6 heterocycles. The van der Waals surface area contributed by atoms with Crippen molar-refractivity contribution in [1.82, 2.24) is 44.6 Å². The second-order valence-corrected chi connectivity index (χ2v) is 23.1. The van der Waals surface area contributed by atoms with E-state index in [2.05, 4.69) is 26.9 Å². The second kappa shape index (κ2) is 23.5. The summed E-state index contributed by atoms with van der Waals surface area (Å²) in [6.07, 6.45) is 0.987. The van der Waals surface area contributed by atoms with Crippen LogP contribution in [-0.2, 0) is 41.6 Å². The van der Waals surface area contributed by atoms with Gasteiger partial charge in [0.1, 0.15) is 28.3 Å². The van der Waals surface area contributed by atoms with Crippen molar-refractivity contribution in [2.75, 3.05) is 73.2 Å². The molecule has 0 spiro atoms. The number of rotatable bonds is 13. The van der Waals surface area contributed by atoms with Gasteiger partial charge in [-0.1, -0.05) is 40.3 Å². The minimum absolute atomic E-state index is 0.0268. The zero-order valence-electron chi connectivity index (χ0n) is 43.4. The maximum atomic E-state index is 14.8. The highest BCUT2D eigenvalue weighted by Gasteiger charge is 2.41. The molecule has 0 saturated carbocycles. The van der Waals surface area contributed by atoms with Crippen LogP contribution in [0.3, 0.4) is 0 Å².